The third kappa shape index (κ3) is 5.75. The Bertz CT molecular complexity index is 1410. The van der Waals surface area contributed by atoms with Gasteiger partial charge in [-0.15, -0.1) is 0 Å². The van der Waals surface area contributed by atoms with Crippen LogP contribution in [0.15, 0.2) is 57.0 Å². The van der Waals surface area contributed by atoms with Gasteiger partial charge in [0.25, 0.3) is 0 Å². The molecule has 1 aliphatic rings. The Morgan fingerprint density at radius 2 is 1.81 bits per heavy atom. The number of hydrogen-bond donors (Lipinski definition) is 2. The van der Waals surface area contributed by atoms with E-state index in [0.29, 0.717) is 47.5 Å². The van der Waals surface area contributed by atoms with Crippen LogP contribution < -0.4 is 21.7 Å². The predicted molar refractivity (Wildman–Crippen MR) is 137 cm³/mol. The maximum Gasteiger partial charge on any atom is 0.335 e. The van der Waals surface area contributed by atoms with Gasteiger partial charge >= 0.3 is 11.4 Å². The number of nitrogens with one attached hydrogen (secondary N) is 1. The molecule has 0 aliphatic heterocycles. The summed E-state index contributed by atoms with van der Waals surface area (Å²) in [6, 6.07) is 12.0. The van der Waals surface area contributed by atoms with Gasteiger partial charge in [0.1, 0.15) is 5.75 Å². The van der Waals surface area contributed by atoms with Gasteiger partial charge in [-0.3, -0.25) is 9.55 Å². The smallest absolute Gasteiger partial charge is 0.335 e. The van der Waals surface area contributed by atoms with Crippen molar-refractivity contribution in [3.8, 4) is 5.75 Å². The highest BCUT2D eigenvalue weighted by molar-refractivity contribution is 6.32. The average molecular weight is 535 g/mol. The van der Waals surface area contributed by atoms with E-state index in [0.717, 1.165) is 10.1 Å². The summed E-state index contributed by atoms with van der Waals surface area (Å²) >= 11 is 12.3. The summed E-state index contributed by atoms with van der Waals surface area (Å²) in [6.07, 6.45) is 0.232. The van der Waals surface area contributed by atoms with E-state index in [1.807, 2.05) is 6.92 Å². The van der Waals surface area contributed by atoms with Gasteiger partial charge in [0.2, 0.25) is 5.62 Å². The van der Waals surface area contributed by atoms with E-state index in [-0.39, 0.29) is 18.7 Å². The number of halogens is 2. The number of aliphatic hydroxyl groups excluding tert-OH is 1. The van der Waals surface area contributed by atoms with E-state index >= 15 is 0 Å². The van der Waals surface area contributed by atoms with E-state index in [4.69, 9.17) is 32.7 Å². The lowest BCUT2D eigenvalue weighted by Crippen LogP contribution is -2.51. The maximum atomic E-state index is 13.6. The fourth-order valence-electron chi connectivity index (χ4n) is 3.94. The molecule has 0 amide bonds. The van der Waals surface area contributed by atoms with Crippen molar-refractivity contribution in [2.45, 2.75) is 46.1 Å². The zero-order valence-corrected chi connectivity index (χ0v) is 21.6. The lowest BCUT2D eigenvalue weighted by molar-refractivity contribution is -0.144. The fraction of sp³-hybridized carbons (Fsp3) is 0.400. The lowest BCUT2D eigenvalue weighted by Gasteiger charge is -2.22. The molecule has 1 aromatic heterocycles. The molecule has 9 nitrogen and oxygen atoms in total. The second-order valence-electron chi connectivity index (χ2n) is 8.66. The molecule has 36 heavy (non-hydrogen) atoms. The average Bonchev–Trinajstić information content (AvgIpc) is 3.63. The van der Waals surface area contributed by atoms with Crippen molar-refractivity contribution in [2.24, 2.45) is 10.4 Å². The Balaban J connectivity index is 1.81. The van der Waals surface area contributed by atoms with Crippen LogP contribution in [0.25, 0.3) is 0 Å². The molecule has 1 saturated carbocycles. The Hall–Kier alpha value is -2.85. The molecule has 11 heteroatoms. The van der Waals surface area contributed by atoms with Crippen LogP contribution in [-0.4, -0.2) is 38.7 Å². The molecule has 1 heterocycles. The van der Waals surface area contributed by atoms with Crippen molar-refractivity contribution in [1.82, 2.24) is 14.1 Å². The third-order valence-electron chi connectivity index (χ3n) is 6.10. The SMILES string of the molecule is CCOc1ccc(/N=c2\[nH]c(=O)n(CC3(C(O)OCC)CC3)c(=O)n2Cc2ccc(Cl)cc2)cc1Cl. The molecule has 2 N–H and O–H groups in total. The summed E-state index contributed by atoms with van der Waals surface area (Å²) < 4.78 is 13.3. The molecule has 1 atom stereocenters. The van der Waals surface area contributed by atoms with Gasteiger partial charge in [-0.2, -0.15) is 0 Å². The molecule has 4 rings (SSSR count). The maximum absolute atomic E-state index is 13.6. The van der Waals surface area contributed by atoms with E-state index in [1.165, 1.54) is 4.57 Å². The summed E-state index contributed by atoms with van der Waals surface area (Å²) in [5.41, 5.74) is -0.570. The first-order chi connectivity index (χ1) is 17.3. The molecular weight excluding hydrogens is 507 g/mol. The van der Waals surface area contributed by atoms with Crippen molar-refractivity contribution < 1.29 is 14.6 Å². The van der Waals surface area contributed by atoms with Crippen molar-refractivity contribution in [2.75, 3.05) is 13.2 Å². The minimum atomic E-state index is -1.06. The van der Waals surface area contributed by atoms with E-state index in [2.05, 4.69) is 9.98 Å². The van der Waals surface area contributed by atoms with Gasteiger partial charge in [0.05, 0.1) is 23.9 Å². The Kier molecular flexibility index (Phi) is 8.04. The monoisotopic (exact) mass is 534 g/mol. The van der Waals surface area contributed by atoms with Crippen molar-refractivity contribution in [1.29, 1.82) is 0 Å². The topological polar surface area (TPSA) is 111 Å². The molecule has 0 saturated heterocycles. The highest BCUT2D eigenvalue weighted by atomic mass is 35.5. The van der Waals surface area contributed by atoms with Gasteiger partial charge < -0.3 is 14.6 Å². The summed E-state index contributed by atoms with van der Waals surface area (Å²) in [6.45, 7) is 4.58. The van der Waals surface area contributed by atoms with Crippen LogP contribution in [0.5, 0.6) is 5.75 Å². The highest BCUT2D eigenvalue weighted by Crippen LogP contribution is 2.50. The Labute approximate surface area is 217 Å². The Morgan fingerprint density at radius 1 is 1.08 bits per heavy atom. The first-order valence-electron chi connectivity index (χ1n) is 11.7. The molecule has 1 aliphatic carbocycles. The Morgan fingerprint density at radius 3 is 2.42 bits per heavy atom. The van der Waals surface area contributed by atoms with E-state index < -0.39 is 23.1 Å². The number of rotatable bonds is 10. The standard InChI is InChI=1S/C25H28Cl2N4O5/c1-3-35-20-10-9-18(13-19(20)27)28-22-29-23(33)31(15-25(11-12-25)21(32)36-4-2)24(34)30(22)14-16-5-7-17(26)8-6-16/h5-10,13,21,32H,3-4,11-12,14-15H2,1-2H3,(H,28,29,33). The molecule has 3 aromatic rings. The number of aliphatic hydroxyl groups is 1. The van der Waals surface area contributed by atoms with E-state index in [9.17, 15) is 14.7 Å². The van der Waals surface area contributed by atoms with Crippen LogP contribution in [0, 0.1) is 5.41 Å². The summed E-state index contributed by atoms with van der Waals surface area (Å²) in [7, 11) is 0. The fourth-order valence-corrected chi connectivity index (χ4v) is 4.30. The number of aromatic nitrogens is 3. The zero-order chi connectivity index (χ0) is 25.9. The molecule has 2 aromatic carbocycles. The number of hydrogen-bond acceptors (Lipinski definition) is 6. The van der Waals surface area contributed by atoms with Crippen LogP contribution in [0.3, 0.4) is 0 Å². The molecule has 0 radical (unpaired) electrons. The molecule has 0 spiro atoms. The largest absolute Gasteiger partial charge is 0.492 e. The highest BCUT2D eigenvalue weighted by Gasteiger charge is 2.50. The van der Waals surface area contributed by atoms with Crippen molar-refractivity contribution >= 4 is 28.9 Å². The van der Waals surface area contributed by atoms with Crippen LogP contribution >= 0.6 is 23.2 Å². The first kappa shape index (κ1) is 26.2. The van der Waals surface area contributed by atoms with Gasteiger partial charge in [-0.05, 0) is 62.6 Å². The number of H-pyrrole nitrogens is 1. The zero-order valence-electron chi connectivity index (χ0n) is 20.0. The first-order valence-corrected chi connectivity index (χ1v) is 12.5. The predicted octanol–water partition coefficient (Wildman–Crippen LogP) is 3.46. The minimum absolute atomic E-state index is 0.0259. The van der Waals surface area contributed by atoms with Crippen molar-refractivity contribution in [3.05, 3.63) is 84.7 Å². The van der Waals surface area contributed by atoms with Gasteiger partial charge in [0.15, 0.2) is 6.29 Å². The molecule has 1 fully saturated rings. The number of ether oxygens (including phenoxy) is 2. The normalized spacial score (nSPS) is 15.6. The van der Waals surface area contributed by atoms with Crippen LogP contribution in [-0.2, 0) is 17.8 Å². The van der Waals surface area contributed by atoms with Gasteiger partial charge in [0, 0.05) is 23.6 Å². The van der Waals surface area contributed by atoms with Gasteiger partial charge in [-0.25, -0.2) is 19.1 Å². The second kappa shape index (κ2) is 11.0. The van der Waals surface area contributed by atoms with Crippen LogP contribution in [0.1, 0.15) is 32.3 Å². The van der Waals surface area contributed by atoms with E-state index in [1.54, 1.807) is 49.4 Å². The summed E-state index contributed by atoms with van der Waals surface area (Å²) in [5, 5.41) is 11.4. The van der Waals surface area contributed by atoms with Crippen molar-refractivity contribution in [3.63, 3.8) is 0 Å². The third-order valence-corrected chi connectivity index (χ3v) is 6.65. The number of nitrogens with zero attached hydrogens (tertiary/aromatic N) is 3. The molecule has 1 unspecified atom stereocenters. The van der Waals surface area contributed by atoms with Crippen LogP contribution in [0.2, 0.25) is 10.0 Å². The lowest BCUT2D eigenvalue weighted by atomic mass is 10.1. The molecule has 192 valence electrons. The summed E-state index contributed by atoms with van der Waals surface area (Å²) in [4.78, 5) is 33.9. The van der Waals surface area contributed by atoms with Crippen LogP contribution in [0.4, 0.5) is 5.69 Å². The van der Waals surface area contributed by atoms with Gasteiger partial charge in [-0.1, -0.05) is 35.3 Å². The minimum Gasteiger partial charge on any atom is -0.492 e. The molecule has 0 bridgehead atoms. The summed E-state index contributed by atoms with van der Waals surface area (Å²) in [5.74, 6) is 0.513. The second-order valence-corrected chi connectivity index (χ2v) is 9.51. The number of benzene rings is 2. The number of aromatic amines is 1. The quantitative estimate of drug-likeness (QED) is 0.387. The molecular formula is C25H28Cl2N4O5.